The van der Waals surface area contributed by atoms with E-state index in [1.807, 2.05) is 30.3 Å². The van der Waals surface area contributed by atoms with Gasteiger partial charge in [-0.3, -0.25) is 30.3 Å². The van der Waals surface area contributed by atoms with Gasteiger partial charge in [0, 0.05) is 6.54 Å². The molecule has 2 aromatic carbocycles. The minimum absolute atomic E-state index is 0.447. The number of nitro groups is 3. The lowest BCUT2D eigenvalue weighted by Crippen LogP contribution is -2.15. The highest BCUT2D eigenvalue weighted by molar-refractivity contribution is 5.64. The number of non-ortho nitro benzene ring substituents is 1. The highest BCUT2D eigenvalue weighted by Crippen LogP contribution is 2.38. The Balaban J connectivity index is 0.000000296. The summed E-state index contributed by atoms with van der Waals surface area (Å²) in [6, 6.07) is 10.8. The zero-order chi connectivity index (χ0) is 22.0. The minimum Gasteiger partial charge on any atom is -0.497 e. The molecule has 0 atom stereocenters. The van der Waals surface area contributed by atoms with Crippen molar-refractivity contribution < 1.29 is 24.6 Å². The van der Waals surface area contributed by atoms with Gasteiger partial charge >= 0.3 is 11.4 Å². The third-order valence-electron chi connectivity index (χ3n) is 3.42. The van der Waals surface area contributed by atoms with Crippen molar-refractivity contribution in [1.29, 1.82) is 0 Å². The van der Waals surface area contributed by atoms with Crippen LogP contribution >= 0.6 is 0 Å². The number of phenolic OH excluding ortho intramolecular Hbond substituents is 1. The fraction of sp³-hybridized carbons (Fsp3) is 0.294. The molecule has 0 saturated heterocycles. The maximum absolute atomic E-state index is 10.4. The Bertz CT molecular complexity index is 823. The molecule has 0 radical (unpaired) electrons. The van der Waals surface area contributed by atoms with E-state index < -0.39 is 37.6 Å². The van der Waals surface area contributed by atoms with E-state index in [1.54, 1.807) is 0 Å². The number of nitro benzene ring substituents is 3. The van der Waals surface area contributed by atoms with Gasteiger partial charge in [-0.25, -0.2) is 0 Å². The van der Waals surface area contributed by atoms with Gasteiger partial charge < -0.3 is 14.7 Å². The van der Waals surface area contributed by atoms with Crippen LogP contribution in [-0.4, -0.2) is 52.0 Å². The summed E-state index contributed by atoms with van der Waals surface area (Å²) in [6.45, 7) is 1.87. The molecule has 0 amide bonds. The zero-order valence-corrected chi connectivity index (χ0v) is 15.8. The lowest BCUT2D eigenvalue weighted by molar-refractivity contribution is -0.404. The molecule has 0 fully saturated rings. The molecule has 2 aromatic rings. The number of hydrogen-bond donors (Lipinski definition) is 1. The Kier molecular flexibility index (Phi) is 8.92. The summed E-state index contributed by atoms with van der Waals surface area (Å²) >= 11 is 0. The van der Waals surface area contributed by atoms with E-state index in [0.29, 0.717) is 12.1 Å². The summed E-state index contributed by atoms with van der Waals surface area (Å²) in [5.74, 6) is -0.248. The van der Waals surface area contributed by atoms with Crippen LogP contribution in [0, 0.1) is 30.3 Å². The molecule has 0 spiro atoms. The van der Waals surface area contributed by atoms with E-state index in [0.717, 1.165) is 25.3 Å². The van der Waals surface area contributed by atoms with Crippen molar-refractivity contribution in [2.75, 3.05) is 27.2 Å². The topological polar surface area (TPSA) is 162 Å². The first-order chi connectivity index (χ1) is 13.6. The number of benzene rings is 2. The molecule has 12 nitrogen and oxygen atoms in total. The minimum atomic E-state index is -1.21. The molecule has 1 N–H and O–H groups in total. The summed E-state index contributed by atoms with van der Waals surface area (Å²) < 4.78 is 5.53. The van der Waals surface area contributed by atoms with Crippen LogP contribution in [0.25, 0.3) is 0 Å². The predicted octanol–water partition coefficient (Wildman–Crippen LogP) is 3.13. The Morgan fingerprint density at radius 2 is 1.45 bits per heavy atom. The van der Waals surface area contributed by atoms with Gasteiger partial charge in [0.25, 0.3) is 11.4 Å². The number of phenols is 1. The van der Waals surface area contributed by atoms with Crippen LogP contribution in [0.1, 0.15) is 6.42 Å². The Morgan fingerprint density at radius 3 is 1.86 bits per heavy atom. The van der Waals surface area contributed by atoms with E-state index in [9.17, 15) is 30.3 Å². The first-order valence-corrected chi connectivity index (χ1v) is 8.26. The van der Waals surface area contributed by atoms with Gasteiger partial charge in [-0.1, -0.05) is 18.2 Å². The van der Waals surface area contributed by atoms with Crippen LogP contribution in [-0.2, 0) is 0 Å². The van der Waals surface area contributed by atoms with Crippen LogP contribution in [0.4, 0.5) is 17.1 Å². The van der Waals surface area contributed by atoms with Gasteiger partial charge in [-0.05, 0) is 32.6 Å². The Morgan fingerprint density at radius 1 is 0.931 bits per heavy atom. The van der Waals surface area contributed by atoms with Gasteiger partial charge in [-0.15, -0.1) is 0 Å². The highest BCUT2D eigenvalue weighted by Gasteiger charge is 2.30. The van der Waals surface area contributed by atoms with E-state index in [1.165, 1.54) is 0 Å². The third-order valence-corrected chi connectivity index (χ3v) is 3.42. The van der Waals surface area contributed by atoms with Crippen molar-refractivity contribution >= 4 is 17.1 Å². The van der Waals surface area contributed by atoms with Crippen LogP contribution in [0.15, 0.2) is 42.5 Å². The second kappa shape index (κ2) is 11.1. The summed E-state index contributed by atoms with van der Waals surface area (Å²) in [7, 11) is 4.14. The maximum Gasteiger partial charge on any atom is 0.324 e. The first kappa shape index (κ1) is 23.2. The maximum atomic E-state index is 10.4. The number of para-hydroxylation sites is 1. The Hall–Kier alpha value is -3.80. The zero-order valence-electron chi connectivity index (χ0n) is 15.8. The normalized spacial score (nSPS) is 10.0. The summed E-state index contributed by atoms with van der Waals surface area (Å²) in [5, 5.41) is 40.2. The quantitative estimate of drug-likeness (QED) is 0.392. The lowest BCUT2D eigenvalue weighted by atomic mass is 10.2. The largest absolute Gasteiger partial charge is 0.497 e. The van der Waals surface area contributed by atoms with Gasteiger partial charge in [0.15, 0.2) is 0 Å². The Labute approximate surface area is 165 Å². The number of ether oxygens (including phenoxy) is 1. The van der Waals surface area contributed by atoms with Crippen LogP contribution in [0.3, 0.4) is 0 Å². The van der Waals surface area contributed by atoms with Crippen molar-refractivity contribution in [3.63, 3.8) is 0 Å². The average Bonchev–Trinajstić information content (AvgIpc) is 2.66. The fourth-order valence-electron chi connectivity index (χ4n) is 2.06. The van der Waals surface area contributed by atoms with Gasteiger partial charge in [0.2, 0.25) is 0 Å². The summed E-state index contributed by atoms with van der Waals surface area (Å²) in [5.41, 5.74) is -3.00. The van der Waals surface area contributed by atoms with Crippen LogP contribution < -0.4 is 4.74 Å². The van der Waals surface area contributed by atoms with E-state index in [-0.39, 0.29) is 0 Å². The molecule has 2 rings (SSSR count). The lowest BCUT2D eigenvalue weighted by Gasteiger charge is -2.09. The summed E-state index contributed by atoms with van der Waals surface area (Å²) in [4.78, 5) is 29.9. The molecule has 0 bridgehead atoms. The van der Waals surface area contributed by atoms with E-state index >= 15 is 0 Å². The fourth-order valence-corrected chi connectivity index (χ4v) is 2.06. The average molecular weight is 408 g/mol. The monoisotopic (exact) mass is 408 g/mol. The van der Waals surface area contributed by atoms with Crippen LogP contribution in [0.2, 0.25) is 0 Å². The molecule has 0 aliphatic heterocycles. The smallest absolute Gasteiger partial charge is 0.324 e. The van der Waals surface area contributed by atoms with Crippen molar-refractivity contribution in [3.8, 4) is 11.5 Å². The van der Waals surface area contributed by atoms with E-state index in [4.69, 9.17) is 9.84 Å². The number of nitrogens with zero attached hydrogens (tertiary/aromatic N) is 4. The molecule has 12 heteroatoms. The second-order valence-electron chi connectivity index (χ2n) is 5.92. The first-order valence-electron chi connectivity index (χ1n) is 8.26. The predicted molar refractivity (Wildman–Crippen MR) is 103 cm³/mol. The number of aromatic hydroxyl groups is 1. The molecule has 29 heavy (non-hydrogen) atoms. The molecule has 0 aromatic heterocycles. The van der Waals surface area contributed by atoms with Crippen LogP contribution in [0.5, 0.6) is 11.5 Å². The molecule has 0 aliphatic carbocycles. The van der Waals surface area contributed by atoms with Crippen molar-refractivity contribution in [2.24, 2.45) is 0 Å². The standard InChI is InChI=1S/C11H17NO.C6H3N3O7/c1-12(2)9-6-10-13-11-7-4-3-5-8-11;10-6-4(8(13)14)1-3(7(11)12)2-5(6)9(15)16/h3-5,7-8H,6,9-10H2,1-2H3;1-2,10H. The SMILES string of the molecule is CN(C)CCCOc1ccccc1.O=[N+]([O-])c1cc([N+](=O)[O-])c(O)c([N+](=O)[O-])c1. The van der Waals surface area contributed by atoms with E-state index in [2.05, 4.69) is 19.0 Å². The number of rotatable bonds is 8. The number of hydrogen-bond acceptors (Lipinski definition) is 9. The van der Waals surface area contributed by atoms with Gasteiger partial charge in [-0.2, -0.15) is 0 Å². The highest BCUT2D eigenvalue weighted by atomic mass is 16.6. The third kappa shape index (κ3) is 7.76. The second-order valence-corrected chi connectivity index (χ2v) is 5.92. The molecule has 156 valence electrons. The molecular formula is C17H20N4O8. The van der Waals surface area contributed by atoms with Gasteiger partial charge in [0.1, 0.15) is 5.75 Å². The molecule has 0 aliphatic rings. The molecule has 0 unspecified atom stereocenters. The van der Waals surface area contributed by atoms with Crippen molar-refractivity contribution in [3.05, 3.63) is 72.8 Å². The van der Waals surface area contributed by atoms with Crippen molar-refractivity contribution in [1.82, 2.24) is 4.90 Å². The van der Waals surface area contributed by atoms with Gasteiger partial charge in [0.05, 0.1) is 33.5 Å². The van der Waals surface area contributed by atoms with Crippen molar-refractivity contribution in [2.45, 2.75) is 6.42 Å². The molecule has 0 saturated carbocycles. The summed E-state index contributed by atoms with van der Waals surface area (Å²) in [6.07, 6.45) is 1.07. The molecular weight excluding hydrogens is 388 g/mol. The molecule has 0 heterocycles.